The van der Waals surface area contributed by atoms with Gasteiger partial charge in [0.1, 0.15) is 17.2 Å². The second-order valence-corrected chi connectivity index (χ2v) is 5.67. The summed E-state index contributed by atoms with van der Waals surface area (Å²) in [5.74, 6) is -0.446. The van der Waals surface area contributed by atoms with E-state index in [1.807, 2.05) is 0 Å². The van der Waals surface area contributed by atoms with Crippen LogP contribution in [0.1, 0.15) is 20.7 Å². The van der Waals surface area contributed by atoms with Crippen LogP contribution in [0.25, 0.3) is 0 Å². The topological polar surface area (TPSA) is 109 Å². The summed E-state index contributed by atoms with van der Waals surface area (Å²) in [6, 6.07) is 8.94. The van der Waals surface area contributed by atoms with Crippen LogP contribution >= 0.6 is 0 Å². The van der Waals surface area contributed by atoms with E-state index in [1.165, 1.54) is 46.6 Å². The van der Waals surface area contributed by atoms with Crippen LogP contribution in [0.15, 0.2) is 36.4 Å². The highest BCUT2D eigenvalue weighted by Crippen LogP contribution is 2.27. The Labute approximate surface area is 167 Å². The zero-order valence-corrected chi connectivity index (χ0v) is 16.4. The first kappa shape index (κ1) is 21.5. The van der Waals surface area contributed by atoms with Crippen LogP contribution in [0.3, 0.4) is 0 Å². The predicted molar refractivity (Wildman–Crippen MR) is 103 cm³/mol. The van der Waals surface area contributed by atoms with Gasteiger partial charge in [-0.1, -0.05) is 0 Å². The number of carbonyl (C=O) groups is 3. The summed E-state index contributed by atoms with van der Waals surface area (Å²) in [6.07, 6.45) is 0. The van der Waals surface area contributed by atoms with Crippen LogP contribution in [-0.2, 0) is 14.3 Å². The quantitative estimate of drug-likeness (QED) is 0.669. The molecule has 1 N–H and O–H groups in total. The number of ether oxygens (including phenoxy) is 5. The molecule has 1 amide bonds. The van der Waals surface area contributed by atoms with E-state index in [9.17, 15) is 14.4 Å². The van der Waals surface area contributed by atoms with E-state index in [0.717, 1.165) is 0 Å². The molecular weight excluding hydrogens is 382 g/mol. The van der Waals surface area contributed by atoms with E-state index in [4.69, 9.17) is 14.2 Å². The minimum Gasteiger partial charge on any atom is -0.496 e. The Bertz CT molecular complexity index is 853. The monoisotopic (exact) mass is 403 g/mol. The third-order valence-electron chi connectivity index (χ3n) is 3.75. The molecule has 9 heteroatoms. The number of methoxy groups -OCH3 is 4. The Balaban J connectivity index is 2.14. The third kappa shape index (κ3) is 5.86. The van der Waals surface area contributed by atoms with E-state index in [2.05, 4.69) is 14.8 Å². The third-order valence-corrected chi connectivity index (χ3v) is 3.75. The van der Waals surface area contributed by atoms with Crippen LogP contribution in [0.4, 0.5) is 5.69 Å². The molecule has 0 fully saturated rings. The summed E-state index contributed by atoms with van der Waals surface area (Å²) >= 11 is 0. The van der Waals surface area contributed by atoms with Crippen LogP contribution in [0.5, 0.6) is 17.2 Å². The zero-order valence-electron chi connectivity index (χ0n) is 16.4. The van der Waals surface area contributed by atoms with Crippen molar-refractivity contribution >= 4 is 23.5 Å². The summed E-state index contributed by atoms with van der Waals surface area (Å²) in [4.78, 5) is 35.9. The standard InChI is InChI=1S/C20H21NO8/c1-25-15-8-16(26-2)10-17(9-15)29-11-18(22)21-14-6-12(19(23)27-3)5-13(7-14)20(24)28-4/h5-10H,11H2,1-4H3,(H,21,22). The van der Waals surface area contributed by atoms with E-state index in [-0.39, 0.29) is 23.4 Å². The molecule has 0 atom stereocenters. The summed E-state index contributed by atoms with van der Waals surface area (Å²) in [5.41, 5.74) is 0.387. The number of hydrogen-bond donors (Lipinski definition) is 1. The Morgan fingerprint density at radius 2 is 1.21 bits per heavy atom. The second kappa shape index (κ2) is 9.98. The number of rotatable bonds is 8. The minimum atomic E-state index is -0.661. The highest BCUT2D eigenvalue weighted by molar-refractivity contribution is 5.99. The molecular formula is C20H21NO8. The Kier molecular flexibility index (Phi) is 7.41. The van der Waals surface area contributed by atoms with Gasteiger partial charge in [-0.25, -0.2) is 9.59 Å². The first-order valence-electron chi connectivity index (χ1n) is 8.37. The first-order valence-corrected chi connectivity index (χ1v) is 8.37. The van der Waals surface area contributed by atoms with Gasteiger partial charge in [-0.3, -0.25) is 4.79 Å². The summed E-state index contributed by atoms with van der Waals surface area (Å²) < 4.78 is 25.1. The van der Waals surface area contributed by atoms with E-state index in [1.54, 1.807) is 18.2 Å². The van der Waals surface area contributed by atoms with Gasteiger partial charge in [-0.15, -0.1) is 0 Å². The lowest BCUT2D eigenvalue weighted by Gasteiger charge is -2.12. The van der Waals surface area contributed by atoms with Gasteiger partial charge < -0.3 is 29.0 Å². The molecule has 2 rings (SSSR count). The lowest BCUT2D eigenvalue weighted by Crippen LogP contribution is -2.21. The molecule has 0 saturated carbocycles. The van der Waals surface area contributed by atoms with Gasteiger partial charge in [0.05, 0.1) is 39.6 Å². The smallest absolute Gasteiger partial charge is 0.337 e. The fourth-order valence-corrected chi connectivity index (χ4v) is 2.38. The Morgan fingerprint density at radius 1 is 0.724 bits per heavy atom. The number of hydrogen-bond acceptors (Lipinski definition) is 8. The molecule has 29 heavy (non-hydrogen) atoms. The van der Waals surface area contributed by atoms with E-state index in [0.29, 0.717) is 17.2 Å². The van der Waals surface area contributed by atoms with Gasteiger partial charge in [0, 0.05) is 23.9 Å². The normalized spacial score (nSPS) is 9.93. The predicted octanol–water partition coefficient (Wildman–Crippen LogP) is 2.29. The van der Waals surface area contributed by atoms with Gasteiger partial charge in [0.2, 0.25) is 0 Å². The van der Waals surface area contributed by atoms with Crippen LogP contribution in [0.2, 0.25) is 0 Å². The highest BCUT2D eigenvalue weighted by Gasteiger charge is 2.15. The van der Waals surface area contributed by atoms with Crippen molar-refractivity contribution in [2.24, 2.45) is 0 Å². The van der Waals surface area contributed by atoms with Crippen molar-refractivity contribution in [3.8, 4) is 17.2 Å². The maximum Gasteiger partial charge on any atom is 0.337 e. The number of anilines is 1. The molecule has 0 aromatic heterocycles. The summed E-state index contributed by atoms with van der Waals surface area (Å²) in [6.45, 7) is -0.327. The average molecular weight is 403 g/mol. The molecule has 0 saturated heterocycles. The van der Waals surface area contributed by atoms with Gasteiger partial charge in [0.15, 0.2) is 6.61 Å². The van der Waals surface area contributed by atoms with Crippen LogP contribution in [-0.4, -0.2) is 52.9 Å². The number of carbonyl (C=O) groups excluding carboxylic acids is 3. The zero-order chi connectivity index (χ0) is 21.4. The maximum atomic E-state index is 12.3. The fraction of sp³-hybridized carbons (Fsp3) is 0.250. The average Bonchev–Trinajstić information content (AvgIpc) is 2.75. The van der Waals surface area contributed by atoms with E-state index < -0.39 is 17.8 Å². The Morgan fingerprint density at radius 3 is 1.66 bits per heavy atom. The highest BCUT2D eigenvalue weighted by atomic mass is 16.5. The van der Waals surface area contributed by atoms with Gasteiger partial charge >= 0.3 is 11.9 Å². The molecule has 2 aromatic carbocycles. The Hall–Kier alpha value is -3.75. The number of benzene rings is 2. The van der Waals surface area contributed by atoms with Crippen molar-refractivity contribution < 1.29 is 38.1 Å². The lowest BCUT2D eigenvalue weighted by atomic mass is 10.1. The number of esters is 2. The first-order chi connectivity index (χ1) is 13.9. The van der Waals surface area contributed by atoms with Crippen molar-refractivity contribution in [3.05, 3.63) is 47.5 Å². The molecule has 2 aromatic rings. The van der Waals surface area contributed by atoms with Crippen LogP contribution in [0, 0.1) is 0 Å². The molecule has 0 radical (unpaired) electrons. The molecule has 0 bridgehead atoms. The lowest BCUT2D eigenvalue weighted by molar-refractivity contribution is -0.118. The van der Waals surface area contributed by atoms with Crippen molar-refractivity contribution in [2.45, 2.75) is 0 Å². The van der Waals surface area contributed by atoms with Crippen LogP contribution < -0.4 is 19.5 Å². The van der Waals surface area contributed by atoms with Crippen molar-refractivity contribution in [1.29, 1.82) is 0 Å². The molecule has 0 spiro atoms. The van der Waals surface area contributed by atoms with Crippen molar-refractivity contribution in [3.63, 3.8) is 0 Å². The van der Waals surface area contributed by atoms with Gasteiger partial charge in [0.25, 0.3) is 5.91 Å². The molecule has 154 valence electrons. The molecule has 0 heterocycles. The molecule has 0 unspecified atom stereocenters. The minimum absolute atomic E-state index is 0.0872. The van der Waals surface area contributed by atoms with Gasteiger partial charge in [-0.2, -0.15) is 0 Å². The SMILES string of the molecule is COC(=O)c1cc(NC(=O)COc2cc(OC)cc(OC)c2)cc(C(=O)OC)c1. The van der Waals surface area contributed by atoms with Gasteiger partial charge in [-0.05, 0) is 18.2 Å². The molecule has 0 aliphatic heterocycles. The number of amides is 1. The van der Waals surface area contributed by atoms with Crippen molar-refractivity contribution in [1.82, 2.24) is 0 Å². The van der Waals surface area contributed by atoms with E-state index >= 15 is 0 Å². The number of nitrogens with one attached hydrogen (secondary N) is 1. The largest absolute Gasteiger partial charge is 0.496 e. The fourth-order valence-electron chi connectivity index (χ4n) is 2.38. The summed E-state index contributed by atoms with van der Waals surface area (Å²) in [7, 11) is 5.42. The summed E-state index contributed by atoms with van der Waals surface area (Å²) in [5, 5.41) is 2.57. The maximum absolute atomic E-state index is 12.3. The molecule has 9 nitrogen and oxygen atoms in total. The molecule has 0 aliphatic rings. The molecule has 0 aliphatic carbocycles. The second-order valence-electron chi connectivity index (χ2n) is 5.67. The van der Waals surface area contributed by atoms with Crippen molar-refractivity contribution in [2.75, 3.05) is 40.4 Å².